The predicted octanol–water partition coefficient (Wildman–Crippen LogP) is 1.94. The van der Waals surface area contributed by atoms with Crippen molar-refractivity contribution in [3.8, 4) is 0 Å². The summed E-state index contributed by atoms with van der Waals surface area (Å²) in [5, 5.41) is 10.9. The highest BCUT2D eigenvalue weighted by Gasteiger charge is 2.24. The second-order valence-electron chi connectivity index (χ2n) is 4.63. The van der Waals surface area contributed by atoms with Crippen molar-refractivity contribution >= 4 is 33.0 Å². The lowest BCUT2D eigenvalue weighted by molar-refractivity contribution is -0.387. The summed E-state index contributed by atoms with van der Waals surface area (Å²) in [5.41, 5.74) is 0.374. The molecule has 1 saturated heterocycles. The van der Waals surface area contributed by atoms with Crippen molar-refractivity contribution in [2.24, 2.45) is 0 Å². The largest absolute Gasteiger partial charge is 0.371 e. The number of benzene rings is 1. The van der Waals surface area contributed by atoms with Gasteiger partial charge in [-0.3, -0.25) is 10.1 Å². The van der Waals surface area contributed by atoms with Crippen LogP contribution in [0.5, 0.6) is 0 Å². The third-order valence-corrected chi connectivity index (χ3v) is 5.30. The summed E-state index contributed by atoms with van der Waals surface area (Å²) in [6.07, 6.45) is 2.02. The Kier molecular flexibility index (Phi) is 4.54. The first-order valence-corrected chi connectivity index (χ1v) is 9.25. The van der Waals surface area contributed by atoms with Crippen LogP contribution in [0.1, 0.15) is 6.42 Å². The smallest absolute Gasteiger partial charge is 0.288 e. The normalized spacial score (nSPS) is 16.8. The van der Waals surface area contributed by atoms with Crippen LogP contribution in [0.4, 0.5) is 11.4 Å². The van der Waals surface area contributed by atoms with Crippen LogP contribution in [0.3, 0.4) is 0 Å². The van der Waals surface area contributed by atoms with Gasteiger partial charge in [-0.1, -0.05) is 0 Å². The van der Waals surface area contributed by atoms with Gasteiger partial charge in [-0.05, 0) is 24.3 Å². The molecule has 0 N–H and O–H groups in total. The van der Waals surface area contributed by atoms with Crippen LogP contribution in [-0.2, 0) is 9.84 Å². The molecule has 0 atom stereocenters. The molecule has 110 valence electrons. The molecule has 1 heterocycles. The van der Waals surface area contributed by atoms with E-state index in [1.54, 1.807) is 6.07 Å². The Balaban J connectivity index is 2.44. The van der Waals surface area contributed by atoms with E-state index in [0.29, 0.717) is 0 Å². The molecule has 0 aromatic heterocycles. The van der Waals surface area contributed by atoms with Gasteiger partial charge in [0.25, 0.3) is 5.69 Å². The SMILES string of the molecule is CS(=O)(=O)c1cc(N2CCCSCC2)ccc1[N+](=O)[O-]. The van der Waals surface area contributed by atoms with Gasteiger partial charge in [0.1, 0.15) is 4.90 Å². The summed E-state index contributed by atoms with van der Waals surface area (Å²) in [4.78, 5) is 12.2. The molecule has 8 heteroatoms. The lowest BCUT2D eigenvalue weighted by Gasteiger charge is -2.22. The molecule has 1 aromatic rings. The highest BCUT2D eigenvalue weighted by Crippen LogP contribution is 2.29. The number of nitro groups is 1. The Morgan fingerprint density at radius 2 is 2.05 bits per heavy atom. The number of nitro benzene ring substituents is 1. The van der Waals surface area contributed by atoms with Crippen molar-refractivity contribution < 1.29 is 13.3 Å². The number of thioether (sulfide) groups is 1. The van der Waals surface area contributed by atoms with Gasteiger partial charge in [-0.2, -0.15) is 11.8 Å². The maximum Gasteiger partial charge on any atom is 0.288 e. The fourth-order valence-electron chi connectivity index (χ4n) is 2.15. The van der Waals surface area contributed by atoms with Crippen LogP contribution >= 0.6 is 11.8 Å². The molecule has 0 unspecified atom stereocenters. The number of sulfone groups is 1. The molecule has 0 aliphatic carbocycles. The van der Waals surface area contributed by atoms with Crippen LogP contribution in [-0.4, -0.2) is 44.2 Å². The quantitative estimate of drug-likeness (QED) is 0.626. The second kappa shape index (κ2) is 6.01. The maximum atomic E-state index is 11.7. The molecule has 2 rings (SSSR count). The Labute approximate surface area is 122 Å². The first-order chi connectivity index (χ1) is 9.39. The maximum absolute atomic E-state index is 11.7. The Bertz CT molecular complexity index is 608. The van der Waals surface area contributed by atoms with E-state index in [1.807, 2.05) is 11.8 Å². The number of anilines is 1. The average Bonchev–Trinajstić information content (AvgIpc) is 2.65. The van der Waals surface area contributed by atoms with Gasteiger partial charge in [-0.15, -0.1) is 0 Å². The van der Waals surface area contributed by atoms with Crippen LogP contribution in [0.15, 0.2) is 23.1 Å². The number of nitrogens with zero attached hydrogens (tertiary/aromatic N) is 2. The summed E-state index contributed by atoms with van der Waals surface area (Å²) in [6.45, 7) is 1.67. The van der Waals surface area contributed by atoms with E-state index in [-0.39, 0.29) is 10.6 Å². The molecule has 1 aromatic carbocycles. The van der Waals surface area contributed by atoms with Gasteiger partial charge in [0.05, 0.1) is 4.92 Å². The summed E-state index contributed by atoms with van der Waals surface area (Å²) < 4.78 is 23.5. The highest BCUT2D eigenvalue weighted by molar-refractivity contribution is 7.99. The second-order valence-corrected chi connectivity index (χ2v) is 7.84. The Morgan fingerprint density at radius 1 is 1.30 bits per heavy atom. The first kappa shape index (κ1) is 15.1. The topological polar surface area (TPSA) is 80.5 Å². The number of rotatable bonds is 3. The summed E-state index contributed by atoms with van der Waals surface area (Å²) >= 11 is 1.86. The van der Waals surface area contributed by atoms with Crippen molar-refractivity contribution in [3.63, 3.8) is 0 Å². The molecule has 0 radical (unpaired) electrons. The highest BCUT2D eigenvalue weighted by atomic mass is 32.2. The van der Waals surface area contributed by atoms with E-state index in [1.165, 1.54) is 12.1 Å². The van der Waals surface area contributed by atoms with E-state index in [9.17, 15) is 18.5 Å². The fourth-order valence-corrected chi connectivity index (χ4v) is 3.90. The summed E-state index contributed by atoms with van der Waals surface area (Å²) in [5.74, 6) is 2.06. The average molecular weight is 316 g/mol. The zero-order valence-corrected chi connectivity index (χ0v) is 12.7. The summed E-state index contributed by atoms with van der Waals surface area (Å²) in [7, 11) is -3.62. The minimum absolute atomic E-state index is 0.211. The summed E-state index contributed by atoms with van der Waals surface area (Å²) in [6, 6.07) is 4.33. The third kappa shape index (κ3) is 3.43. The molecule has 1 fully saturated rings. The van der Waals surface area contributed by atoms with E-state index in [4.69, 9.17) is 0 Å². The molecule has 1 aliphatic rings. The van der Waals surface area contributed by atoms with Crippen LogP contribution in [0, 0.1) is 10.1 Å². The van der Waals surface area contributed by atoms with Gasteiger partial charge in [0, 0.05) is 36.9 Å². The van der Waals surface area contributed by atoms with Crippen LogP contribution in [0.25, 0.3) is 0 Å². The zero-order chi connectivity index (χ0) is 14.8. The fraction of sp³-hybridized carbons (Fsp3) is 0.500. The number of hydrogen-bond acceptors (Lipinski definition) is 6. The van der Waals surface area contributed by atoms with Gasteiger partial charge in [-0.25, -0.2) is 8.42 Å². The molecule has 0 amide bonds. The van der Waals surface area contributed by atoms with Crippen molar-refractivity contribution in [3.05, 3.63) is 28.3 Å². The first-order valence-electron chi connectivity index (χ1n) is 6.21. The number of hydrogen-bond donors (Lipinski definition) is 0. The van der Waals surface area contributed by atoms with Crippen LogP contribution in [0.2, 0.25) is 0 Å². The molecule has 6 nitrogen and oxygen atoms in total. The minimum Gasteiger partial charge on any atom is -0.371 e. The zero-order valence-electron chi connectivity index (χ0n) is 11.1. The molecular weight excluding hydrogens is 300 g/mol. The Morgan fingerprint density at radius 3 is 2.70 bits per heavy atom. The van der Waals surface area contributed by atoms with Gasteiger partial charge >= 0.3 is 0 Å². The molecule has 1 aliphatic heterocycles. The Hall–Kier alpha value is -1.28. The van der Waals surface area contributed by atoms with Crippen molar-refractivity contribution in [1.82, 2.24) is 0 Å². The molecular formula is C12H16N2O4S2. The molecule has 20 heavy (non-hydrogen) atoms. The lowest BCUT2D eigenvalue weighted by Crippen LogP contribution is -2.25. The van der Waals surface area contributed by atoms with Crippen molar-refractivity contribution in [1.29, 1.82) is 0 Å². The third-order valence-electron chi connectivity index (χ3n) is 3.13. The van der Waals surface area contributed by atoms with Crippen molar-refractivity contribution in [2.45, 2.75) is 11.3 Å². The van der Waals surface area contributed by atoms with E-state index in [0.717, 1.165) is 43.0 Å². The van der Waals surface area contributed by atoms with Gasteiger partial charge < -0.3 is 4.90 Å². The predicted molar refractivity (Wildman–Crippen MR) is 80.4 cm³/mol. The molecule has 0 spiro atoms. The van der Waals surface area contributed by atoms with E-state index < -0.39 is 14.8 Å². The van der Waals surface area contributed by atoms with Gasteiger partial charge in [0.2, 0.25) is 0 Å². The standard InChI is InChI=1S/C12H16N2O4S2/c1-20(17,18)12-9-10(3-4-11(12)14(15)16)13-5-2-7-19-8-6-13/h3-4,9H,2,5-8H2,1H3. The van der Waals surface area contributed by atoms with Gasteiger partial charge in [0.15, 0.2) is 9.84 Å². The minimum atomic E-state index is -3.62. The van der Waals surface area contributed by atoms with Crippen molar-refractivity contribution in [2.75, 3.05) is 35.8 Å². The van der Waals surface area contributed by atoms with E-state index in [2.05, 4.69) is 4.90 Å². The molecule has 0 bridgehead atoms. The molecule has 0 saturated carbocycles. The monoisotopic (exact) mass is 316 g/mol. The lowest BCUT2D eigenvalue weighted by atomic mass is 10.2. The van der Waals surface area contributed by atoms with E-state index >= 15 is 0 Å². The van der Waals surface area contributed by atoms with Crippen LogP contribution < -0.4 is 4.90 Å².